The fourth-order valence-electron chi connectivity index (χ4n) is 1.49. The van der Waals surface area contributed by atoms with Crippen molar-refractivity contribution < 1.29 is 9.59 Å². The number of carbonyl (C=O) groups excluding carboxylic acids is 2. The highest BCUT2D eigenvalue weighted by molar-refractivity contribution is 8.00. The summed E-state index contributed by atoms with van der Waals surface area (Å²) in [7, 11) is 0. The molecule has 0 unspecified atom stereocenters. The molecule has 0 aliphatic carbocycles. The lowest BCUT2D eigenvalue weighted by atomic mass is 10.2. The standard InChI is InChI=1S/C8H14N2O2S/c1-5(2)10-7(12)9-6(11)8(10,3)13-4/h5H,1-4H3,(H,9,11,12)/t8-/m0/s1. The van der Waals surface area contributed by atoms with Crippen molar-refractivity contribution >= 4 is 23.7 Å². The Morgan fingerprint density at radius 3 is 2.31 bits per heavy atom. The third-order valence-corrected chi connectivity index (χ3v) is 3.41. The van der Waals surface area contributed by atoms with Crippen LogP contribution >= 0.6 is 11.8 Å². The molecule has 4 nitrogen and oxygen atoms in total. The molecule has 0 aromatic rings. The zero-order chi connectivity index (χ0) is 10.2. The van der Waals surface area contributed by atoms with Gasteiger partial charge in [-0.15, -0.1) is 11.8 Å². The van der Waals surface area contributed by atoms with E-state index in [0.717, 1.165) is 0 Å². The van der Waals surface area contributed by atoms with Crippen LogP contribution in [-0.2, 0) is 4.79 Å². The second-order valence-corrected chi connectivity index (χ2v) is 4.61. The summed E-state index contributed by atoms with van der Waals surface area (Å²) in [6.45, 7) is 5.55. The first kappa shape index (κ1) is 10.4. The number of amides is 3. The first-order valence-electron chi connectivity index (χ1n) is 4.13. The zero-order valence-electron chi connectivity index (χ0n) is 8.25. The summed E-state index contributed by atoms with van der Waals surface area (Å²) in [4.78, 5) is 23.7. The zero-order valence-corrected chi connectivity index (χ0v) is 9.07. The molecule has 0 aromatic heterocycles. The first-order chi connectivity index (χ1) is 5.93. The van der Waals surface area contributed by atoms with Gasteiger partial charge in [-0.1, -0.05) is 0 Å². The van der Waals surface area contributed by atoms with Gasteiger partial charge in [0.05, 0.1) is 0 Å². The molecule has 1 aliphatic rings. The minimum absolute atomic E-state index is 0.0314. The number of carbonyl (C=O) groups is 2. The summed E-state index contributed by atoms with van der Waals surface area (Å²) in [5.74, 6) is -0.223. The van der Waals surface area contributed by atoms with Gasteiger partial charge in [0.15, 0.2) is 4.87 Å². The Morgan fingerprint density at radius 2 is 2.00 bits per heavy atom. The normalized spacial score (nSPS) is 28.5. The van der Waals surface area contributed by atoms with Crippen LogP contribution in [0.2, 0.25) is 0 Å². The van der Waals surface area contributed by atoms with Gasteiger partial charge < -0.3 is 0 Å². The predicted octanol–water partition coefficient (Wildman–Crippen LogP) is 1.03. The molecule has 1 N–H and O–H groups in total. The number of nitrogens with one attached hydrogen (secondary N) is 1. The van der Waals surface area contributed by atoms with Gasteiger partial charge in [-0.2, -0.15) is 0 Å². The van der Waals surface area contributed by atoms with E-state index in [4.69, 9.17) is 0 Å². The number of hydrogen-bond acceptors (Lipinski definition) is 3. The molecule has 1 atom stereocenters. The van der Waals surface area contributed by atoms with Crippen LogP contribution in [0.25, 0.3) is 0 Å². The monoisotopic (exact) mass is 202 g/mol. The molecule has 13 heavy (non-hydrogen) atoms. The van der Waals surface area contributed by atoms with Gasteiger partial charge in [0.2, 0.25) is 0 Å². The third kappa shape index (κ3) is 1.41. The van der Waals surface area contributed by atoms with Crippen molar-refractivity contribution in [2.24, 2.45) is 0 Å². The quantitative estimate of drug-likeness (QED) is 0.680. The van der Waals surface area contributed by atoms with Crippen LogP contribution in [0.1, 0.15) is 20.8 Å². The molecular formula is C8H14N2O2S. The summed E-state index contributed by atoms with van der Waals surface area (Å²) < 4.78 is 0. The van der Waals surface area contributed by atoms with Gasteiger partial charge in [-0.25, -0.2) is 4.79 Å². The van der Waals surface area contributed by atoms with Gasteiger partial charge in [0.25, 0.3) is 5.91 Å². The van der Waals surface area contributed by atoms with E-state index < -0.39 is 4.87 Å². The van der Waals surface area contributed by atoms with Gasteiger partial charge >= 0.3 is 6.03 Å². The molecule has 74 valence electrons. The Morgan fingerprint density at radius 1 is 1.46 bits per heavy atom. The van der Waals surface area contributed by atoms with Crippen molar-refractivity contribution in [1.29, 1.82) is 0 Å². The van der Waals surface area contributed by atoms with Crippen LogP contribution in [0.4, 0.5) is 4.79 Å². The molecule has 3 amide bonds. The number of nitrogens with zero attached hydrogens (tertiary/aromatic N) is 1. The molecule has 0 radical (unpaired) electrons. The average Bonchev–Trinajstić information content (AvgIpc) is 2.24. The van der Waals surface area contributed by atoms with Crippen molar-refractivity contribution in [2.75, 3.05) is 6.26 Å². The lowest BCUT2D eigenvalue weighted by Gasteiger charge is -2.33. The van der Waals surface area contributed by atoms with Gasteiger partial charge in [-0.05, 0) is 27.0 Å². The second kappa shape index (κ2) is 3.21. The van der Waals surface area contributed by atoms with E-state index in [1.165, 1.54) is 11.8 Å². The van der Waals surface area contributed by atoms with E-state index >= 15 is 0 Å². The van der Waals surface area contributed by atoms with Gasteiger partial charge in [-0.3, -0.25) is 15.0 Å². The maximum Gasteiger partial charge on any atom is 0.325 e. The van der Waals surface area contributed by atoms with Crippen molar-refractivity contribution in [2.45, 2.75) is 31.7 Å². The van der Waals surface area contributed by atoms with E-state index in [1.807, 2.05) is 20.1 Å². The van der Waals surface area contributed by atoms with E-state index in [1.54, 1.807) is 11.8 Å². The number of rotatable bonds is 2. The summed E-state index contributed by atoms with van der Waals surface area (Å²) in [6, 6.07) is -0.263. The molecule has 1 heterocycles. The highest BCUT2D eigenvalue weighted by atomic mass is 32.2. The van der Waals surface area contributed by atoms with E-state index in [0.29, 0.717) is 0 Å². The Balaban J connectivity index is 3.03. The summed E-state index contributed by atoms with van der Waals surface area (Å²) in [5.41, 5.74) is 0. The second-order valence-electron chi connectivity index (χ2n) is 3.41. The smallest absolute Gasteiger partial charge is 0.299 e. The Kier molecular flexibility index (Phi) is 2.56. The largest absolute Gasteiger partial charge is 0.325 e. The molecule has 5 heteroatoms. The van der Waals surface area contributed by atoms with Gasteiger partial charge in [0, 0.05) is 6.04 Å². The number of urea groups is 1. The van der Waals surface area contributed by atoms with Crippen LogP contribution in [0.15, 0.2) is 0 Å². The first-order valence-corrected chi connectivity index (χ1v) is 5.36. The lowest BCUT2D eigenvalue weighted by Crippen LogP contribution is -2.47. The number of imide groups is 1. The maximum absolute atomic E-state index is 11.5. The molecule has 1 fully saturated rings. The van der Waals surface area contributed by atoms with Crippen molar-refractivity contribution in [3.8, 4) is 0 Å². The SMILES string of the molecule is CS[C@@]1(C)C(=O)NC(=O)N1C(C)C. The van der Waals surface area contributed by atoms with E-state index in [2.05, 4.69) is 5.32 Å². The van der Waals surface area contributed by atoms with Crippen LogP contribution < -0.4 is 5.32 Å². The van der Waals surface area contributed by atoms with Crippen molar-refractivity contribution in [1.82, 2.24) is 10.2 Å². The fraction of sp³-hybridized carbons (Fsp3) is 0.750. The van der Waals surface area contributed by atoms with E-state index in [-0.39, 0.29) is 18.0 Å². The molecule has 1 rings (SSSR count). The Hall–Kier alpha value is -0.710. The molecule has 0 saturated carbocycles. The van der Waals surface area contributed by atoms with Gasteiger partial charge in [0.1, 0.15) is 0 Å². The molecule has 0 spiro atoms. The summed E-state index contributed by atoms with van der Waals surface area (Å²) in [5, 5.41) is 2.32. The van der Waals surface area contributed by atoms with Crippen LogP contribution in [-0.4, -0.2) is 34.0 Å². The lowest BCUT2D eigenvalue weighted by molar-refractivity contribution is -0.122. The minimum atomic E-state index is -0.745. The minimum Gasteiger partial charge on any atom is -0.299 e. The van der Waals surface area contributed by atoms with Crippen LogP contribution in [0.3, 0.4) is 0 Å². The van der Waals surface area contributed by atoms with Crippen LogP contribution in [0, 0.1) is 0 Å². The summed E-state index contributed by atoms with van der Waals surface area (Å²) >= 11 is 1.38. The van der Waals surface area contributed by atoms with E-state index in [9.17, 15) is 9.59 Å². The topological polar surface area (TPSA) is 49.4 Å². The Bertz CT molecular complexity index is 255. The number of thioether (sulfide) groups is 1. The fourth-order valence-corrected chi connectivity index (χ4v) is 2.22. The number of hydrogen-bond donors (Lipinski definition) is 1. The average molecular weight is 202 g/mol. The molecule has 1 aliphatic heterocycles. The molecule has 0 aromatic carbocycles. The van der Waals surface area contributed by atoms with Crippen molar-refractivity contribution in [3.63, 3.8) is 0 Å². The van der Waals surface area contributed by atoms with Crippen molar-refractivity contribution in [3.05, 3.63) is 0 Å². The summed E-state index contributed by atoms with van der Waals surface area (Å²) in [6.07, 6.45) is 1.83. The highest BCUT2D eigenvalue weighted by Crippen LogP contribution is 2.33. The predicted molar refractivity (Wildman–Crippen MR) is 52.4 cm³/mol. The van der Waals surface area contributed by atoms with Crippen LogP contribution in [0.5, 0.6) is 0 Å². The Labute approximate surface area is 82.0 Å². The molecule has 0 bridgehead atoms. The molecular weight excluding hydrogens is 188 g/mol. The molecule has 1 saturated heterocycles. The highest BCUT2D eigenvalue weighted by Gasteiger charge is 2.49. The maximum atomic E-state index is 11.5. The third-order valence-electron chi connectivity index (χ3n) is 2.23.